The van der Waals surface area contributed by atoms with Crippen molar-refractivity contribution in [1.82, 2.24) is 15.1 Å². The number of hydrogen-bond donors (Lipinski definition) is 2. The quantitative estimate of drug-likeness (QED) is 0.737. The molecular weight excluding hydrogens is 202 g/mol. The van der Waals surface area contributed by atoms with Crippen LogP contribution in [0.5, 0.6) is 0 Å². The summed E-state index contributed by atoms with van der Waals surface area (Å²) in [5, 5.41) is 17.2. The van der Waals surface area contributed by atoms with Crippen molar-refractivity contribution in [2.75, 3.05) is 6.54 Å². The molecule has 0 aliphatic rings. The highest BCUT2D eigenvalue weighted by Gasteiger charge is 2.11. The summed E-state index contributed by atoms with van der Waals surface area (Å²) in [5.74, 6) is 0.353. The zero-order chi connectivity index (χ0) is 12.0. The largest absolute Gasteiger partial charge is 0.392 e. The molecule has 0 bridgehead atoms. The SMILES string of the molecule is CCC(C)C(O)CNCc1cnn(CC)c1. The lowest BCUT2D eigenvalue weighted by atomic mass is 10.0. The molecule has 0 aliphatic heterocycles. The maximum absolute atomic E-state index is 9.76. The molecule has 2 unspecified atom stereocenters. The maximum Gasteiger partial charge on any atom is 0.0690 e. The first-order valence-electron chi connectivity index (χ1n) is 6.07. The molecule has 1 aromatic heterocycles. The Bertz CT molecular complexity index is 298. The molecule has 0 saturated carbocycles. The van der Waals surface area contributed by atoms with Crippen LogP contribution in [-0.4, -0.2) is 27.5 Å². The summed E-state index contributed by atoms with van der Waals surface area (Å²) in [7, 11) is 0. The number of rotatable bonds is 7. The Hall–Kier alpha value is -0.870. The second kappa shape index (κ2) is 6.66. The second-order valence-electron chi connectivity index (χ2n) is 4.29. The Morgan fingerprint density at radius 2 is 2.25 bits per heavy atom. The van der Waals surface area contributed by atoms with E-state index in [-0.39, 0.29) is 6.10 Å². The fraction of sp³-hybridized carbons (Fsp3) is 0.750. The number of aryl methyl sites for hydroxylation is 1. The van der Waals surface area contributed by atoms with Crippen molar-refractivity contribution in [2.45, 2.75) is 46.4 Å². The Balaban J connectivity index is 2.24. The highest BCUT2D eigenvalue weighted by Crippen LogP contribution is 2.06. The van der Waals surface area contributed by atoms with Gasteiger partial charge in [-0.25, -0.2) is 0 Å². The van der Waals surface area contributed by atoms with Gasteiger partial charge in [0.25, 0.3) is 0 Å². The van der Waals surface area contributed by atoms with E-state index in [2.05, 4.69) is 31.2 Å². The molecule has 1 rings (SSSR count). The molecule has 2 atom stereocenters. The van der Waals surface area contributed by atoms with Crippen LogP contribution in [0.3, 0.4) is 0 Å². The number of hydrogen-bond acceptors (Lipinski definition) is 3. The molecule has 0 saturated heterocycles. The second-order valence-corrected chi connectivity index (χ2v) is 4.29. The summed E-state index contributed by atoms with van der Waals surface area (Å²) >= 11 is 0. The number of nitrogens with one attached hydrogen (secondary N) is 1. The van der Waals surface area contributed by atoms with Gasteiger partial charge < -0.3 is 10.4 Å². The van der Waals surface area contributed by atoms with Crippen molar-refractivity contribution < 1.29 is 5.11 Å². The van der Waals surface area contributed by atoms with Crippen molar-refractivity contribution in [3.8, 4) is 0 Å². The molecule has 0 radical (unpaired) electrons. The fourth-order valence-corrected chi connectivity index (χ4v) is 1.51. The first-order valence-corrected chi connectivity index (χ1v) is 6.07. The van der Waals surface area contributed by atoms with Crippen LogP contribution in [-0.2, 0) is 13.1 Å². The predicted molar refractivity (Wildman–Crippen MR) is 65.1 cm³/mol. The third kappa shape index (κ3) is 3.94. The molecule has 4 heteroatoms. The normalized spacial score (nSPS) is 15.0. The Kier molecular flexibility index (Phi) is 5.49. The third-order valence-corrected chi connectivity index (χ3v) is 2.99. The summed E-state index contributed by atoms with van der Waals surface area (Å²) in [6, 6.07) is 0. The fourth-order valence-electron chi connectivity index (χ4n) is 1.51. The molecule has 0 spiro atoms. The van der Waals surface area contributed by atoms with E-state index in [9.17, 15) is 5.11 Å². The van der Waals surface area contributed by atoms with Crippen LogP contribution in [0.4, 0.5) is 0 Å². The highest BCUT2D eigenvalue weighted by atomic mass is 16.3. The zero-order valence-electron chi connectivity index (χ0n) is 10.5. The van der Waals surface area contributed by atoms with Crippen molar-refractivity contribution in [2.24, 2.45) is 5.92 Å². The minimum Gasteiger partial charge on any atom is -0.392 e. The van der Waals surface area contributed by atoms with Gasteiger partial charge in [0.05, 0.1) is 12.3 Å². The molecule has 4 nitrogen and oxygen atoms in total. The van der Waals surface area contributed by atoms with Crippen LogP contribution < -0.4 is 5.32 Å². The zero-order valence-corrected chi connectivity index (χ0v) is 10.5. The topological polar surface area (TPSA) is 50.1 Å². The van der Waals surface area contributed by atoms with Crippen molar-refractivity contribution in [1.29, 1.82) is 0 Å². The maximum atomic E-state index is 9.76. The van der Waals surface area contributed by atoms with Crippen LogP contribution in [0, 0.1) is 5.92 Å². The van der Waals surface area contributed by atoms with E-state index < -0.39 is 0 Å². The van der Waals surface area contributed by atoms with E-state index in [0.717, 1.165) is 19.5 Å². The summed E-state index contributed by atoms with van der Waals surface area (Å²) in [6.07, 6.45) is 4.65. The first-order chi connectivity index (χ1) is 7.67. The highest BCUT2D eigenvalue weighted by molar-refractivity contribution is 5.03. The minimum absolute atomic E-state index is 0.258. The summed E-state index contributed by atoms with van der Waals surface area (Å²) in [5.41, 5.74) is 1.17. The lowest BCUT2D eigenvalue weighted by Crippen LogP contribution is -2.31. The third-order valence-electron chi connectivity index (χ3n) is 2.99. The predicted octanol–water partition coefficient (Wildman–Crippen LogP) is 1.40. The van der Waals surface area contributed by atoms with E-state index in [0.29, 0.717) is 12.5 Å². The van der Waals surface area contributed by atoms with Gasteiger partial charge >= 0.3 is 0 Å². The lowest BCUT2D eigenvalue weighted by molar-refractivity contribution is 0.113. The van der Waals surface area contributed by atoms with E-state index in [1.54, 1.807) is 0 Å². The van der Waals surface area contributed by atoms with E-state index in [1.807, 2.05) is 17.1 Å². The molecule has 0 amide bonds. The number of aromatic nitrogens is 2. The summed E-state index contributed by atoms with van der Waals surface area (Å²) in [4.78, 5) is 0. The molecular formula is C12H23N3O. The van der Waals surface area contributed by atoms with Gasteiger partial charge in [0.15, 0.2) is 0 Å². The first kappa shape index (κ1) is 13.2. The van der Waals surface area contributed by atoms with Gasteiger partial charge in [0, 0.05) is 31.4 Å². The van der Waals surface area contributed by atoms with Gasteiger partial charge in [0.1, 0.15) is 0 Å². The molecule has 2 N–H and O–H groups in total. The Morgan fingerprint density at radius 1 is 1.50 bits per heavy atom. The Morgan fingerprint density at radius 3 is 2.81 bits per heavy atom. The molecule has 0 aromatic carbocycles. The number of nitrogens with zero attached hydrogens (tertiary/aromatic N) is 2. The van der Waals surface area contributed by atoms with Gasteiger partial charge in [-0.3, -0.25) is 4.68 Å². The summed E-state index contributed by atoms with van der Waals surface area (Å²) < 4.78 is 1.90. The molecule has 1 aromatic rings. The van der Waals surface area contributed by atoms with Crippen LogP contribution in [0.2, 0.25) is 0 Å². The average molecular weight is 225 g/mol. The van der Waals surface area contributed by atoms with Crippen LogP contribution in [0.25, 0.3) is 0 Å². The minimum atomic E-state index is -0.258. The smallest absolute Gasteiger partial charge is 0.0690 e. The van der Waals surface area contributed by atoms with Gasteiger partial charge in [0.2, 0.25) is 0 Å². The molecule has 1 heterocycles. The number of aliphatic hydroxyl groups excluding tert-OH is 1. The molecule has 0 fully saturated rings. The van der Waals surface area contributed by atoms with Crippen molar-refractivity contribution in [3.05, 3.63) is 18.0 Å². The van der Waals surface area contributed by atoms with Crippen LogP contribution in [0.15, 0.2) is 12.4 Å². The van der Waals surface area contributed by atoms with Crippen LogP contribution in [0.1, 0.15) is 32.8 Å². The van der Waals surface area contributed by atoms with E-state index >= 15 is 0 Å². The molecule has 16 heavy (non-hydrogen) atoms. The standard InChI is InChI=1S/C12H23N3O/c1-4-10(3)12(16)8-13-6-11-7-14-15(5-2)9-11/h7,9-10,12-13,16H,4-6,8H2,1-3H3. The molecule has 0 aliphatic carbocycles. The Labute approximate surface area is 97.7 Å². The van der Waals surface area contributed by atoms with Crippen LogP contribution >= 0.6 is 0 Å². The van der Waals surface area contributed by atoms with Crippen molar-refractivity contribution >= 4 is 0 Å². The van der Waals surface area contributed by atoms with Gasteiger partial charge in [-0.1, -0.05) is 20.3 Å². The number of aliphatic hydroxyl groups is 1. The van der Waals surface area contributed by atoms with Gasteiger partial charge in [-0.15, -0.1) is 0 Å². The molecule has 92 valence electrons. The van der Waals surface area contributed by atoms with E-state index in [1.165, 1.54) is 5.56 Å². The monoisotopic (exact) mass is 225 g/mol. The lowest BCUT2D eigenvalue weighted by Gasteiger charge is -2.17. The summed E-state index contributed by atoms with van der Waals surface area (Å²) in [6.45, 7) is 8.55. The van der Waals surface area contributed by atoms with E-state index in [4.69, 9.17) is 0 Å². The average Bonchev–Trinajstić information content (AvgIpc) is 2.75. The van der Waals surface area contributed by atoms with Crippen molar-refractivity contribution in [3.63, 3.8) is 0 Å². The van der Waals surface area contributed by atoms with Gasteiger partial charge in [-0.05, 0) is 12.8 Å². The van der Waals surface area contributed by atoms with Gasteiger partial charge in [-0.2, -0.15) is 5.10 Å².